The summed E-state index contributed by atoms with van der Waals surface area (Å²) in [5, 5.41) is 0. The highest BCUT2D eigenvalue weighted by Gasteiger charge is 2.27. The minimum atomic E-state index is -4.30. The molecular formula is C13H18F3NO. The van der Waals surface area contributed by atoms with Gasteiger partial charge in [0.2, 0.25) is 0 Å². The van der Waals surface area contributed by atoms with Gasteiger partial charge >= 0.3 is 6.18 Å². The molecule has 0 aromatic heterocycles. The van der Waals surface area contributed by atoms with Gasteiger partial charge in [0.15, 0.2) is 6.61 Å². The van der Waals surface area contributed by atoms with Gasteiger partial charge in [-0.05, 0) is 16.5 Å². The average molecular weight is 261 g/mol. The normalized spacial score (nSPS) is 12.8. The number of benzene rings is 1. The molecule has 18 heavy (non-hydrogen) atoms. The van der Waals surface area contributed by atoms with Gasteiger partial charge in [-0.25, -0.2) is 0 Å². The highest BCUT2D eigenvalue weighted by atomic mass is 19.4. The Hall–Kier alpha value is -1.07. The third kappa shape index (κ3) is 5.51. The highest BCUT2D eigenvalue weighted by molar-refractivity contribution is 5.27. The van der Waals surface area contributed by atoms with E-state index in [9.17, 15) is 13.2 Å². The van der Waals surface area contributed by atoms with E-state index in [2.05, 4.69) is 31.1 Å². The molecule has 0 amide bonds. The van der Waals surface area contributed by atoms with Crippen molar-refractivity contribution in [3.05, 3.63) is 35.4 Å². The molecule has 0 fully saturated rings. The summed E-state index contributed by atoms with van der Waals surface area (Å²) in [6, 6.07) is 7.70. The van der Waals surface area contributed by atoms with E-state index in [0.29, 0.717) is 0 Å². The van der Waals surface area contributed by atoms with Crippen molar-refractivity contribution < 1.29 is 18.0 Å². The Morgan fingerprint density at radius 3 is 2.06 bits per heavy atom. The Morgan fingerprint density at radius 2 is 1.61 bits per heavy atom. The zero-order valence-corrected chi connectivity index (χ0v) is 10.8. The first-order valence-electron chi connectivity index (χ1n) is 5.69. The maximum Gasteiger partial charge on any atom is 0.413 e. The van der Waals surface area contributed by atoms with Gasteiger partial charge in [-0.2, -0.15) is 18.7 Å². The van der Waals surface area contributed by atoms with Crippen molar-refractivity contribution in [1.29, 1.82) is 0 Å². The van der Waals surface area contributed by atoms with Crippen molar-refractivity contribution in [3.63, 3.8) is 0 Å². The average Bonchev–Trinajstić information content (AvgIpc) is 2.22. The summed E-state index contributed by atoms with van der Waals surface area (Å²) in [5.41, 5.74) is 4.43. The highest BCUT2D eigenvalue weighted by Crippen LogP contribution is 2.22. The van der Waals surface area contributed by atoms with E-state index in [0.717, 1.165) is 5.56 Å². The Labute approximate surface area is 105 Å². The molecule has 0 bridgehead atoms. The fourth-order valence-electron chi connectivity index (χ4n) is 1.39. The first kappa shape index (κ1) is 15.0. The summed E-state index contributed by atoms with van der Waals surface area (Å²) in [4.78, 5) is 4.32. The van der Waals surface area contributed by atoms with Gasteiger partial charge in [0, 0.05) is 6.54 Å². The molecule has 102 valence electrons. The maximum absolute atomic E-state index is 11.8. The van der Waals surface area contributed by atoms with Crippen molar-refractivity contribution in [1.82, 2.24) is 5.48 Å². The third-order valence-corrected chi connectivity index (χ3v) is 2.43. The monoisotopic (exact) mass is 261 g/mol. The number of alkyl halides is 3. The summed E-state index contributed by atoms with van der Waals surface area (Å²) in [6.45, 7) is 5.28. The van der Waals surface area contributed by atoms with E-state index in [1.165, 1.54) is 5.56 Å². The van der Waals surface area contributed by atoms with E-state index >= 15 is 0 Å². The molecule has 2 nitrogen and oxygen atoms in total. The molecule has 0 heterocycles. The van der Waals surface area contributed by atoms with E-state index in [-0.39, 0.29) is 12.0 Å². The zero-order chi connectivity index (χ0) is 13.8. The Balaban J connectivity index is 2.41. The number of nitrogens with one attached hydrogen (secondary N) is 1. The molecule has 0 atom stereocenters. The first-order chi connectivity index (χ1) is 8.18. The predicted molar refractivity (Wildman–Crippen MR) is 64.0 cm³/mol. The van der Waals surface area contributed by atoms with Crippen molar-refractivity contribution >= 4 is 0 Å². The van der Waals surface area contributed by atoms with Crippen LogP contribution in [0, 0.1) is 0 Å². The van der Waals surface area contributed by atoms with Crippen molar-refractivity contribution in [2.24, 2.45) is 0 Å². The Kier molecular flexibility index (Phi) is 4.76. The van der Waals surface area contributed by atoms with E-state index < -0.39 is 12.8 Å². The number of halogens is 3. The van der Waals surface area contributed by atoms with Crippen LogP contribution >= 0.6 is 0 Å². The lowest BCUT2D eigenvalue weighted by Gasteiger charge is -2.19. The lowest BCUT2D eigenvalue weighted by Crippen LogP contribution is -2.24. The molecule has 1 aromatic rings. The second kappa shape index (κ2) is 5.71. The van der Waals surface area contributed by atoms with Gasteiger partial charge in [0.25, 0.3) is 0 Å². The molecule has 0 spiro atoms. The van der Waals surface area contributed by atoms with Crippen LogP contribution in [-0.2, 0) is 16.8 Å². The predicted octanol–water partition coefficient (Wildman–Crippen LogP) is 3.57. The van der Waals surface area contributed by atoms with Gasteiger partial charge < -0.3 is 0 Å². The van der Waals surface area contributed by atoms with Crippen LogP contribution in [0.4, 0.5) is 13.2 Å². The van der Waals surface area contributed by atoms with E-state index in [1.54, 1.807) is 0 Å². The summed E-state index contributed by atoms with van der Waals surface area (Å²) in [7, 11) is 0. The van der Waals surface area contributed by atoms with Gasteiger partial charge in [-0.3, -0.25) is 4.84 Å². The molecule has 0 aliphatic carbocycles. The fraction of sp³-hybridized carbons (Fsp3) is 0.538. The second-order valence-corrected chi connectivity index (χ2v) is 5.17. The number of hydrogen-bond donors (Lipinski definition) is 1. The summed E-state index contributed by atoms with van der Waals surface area (Å²) in [6.07, 6.45) is -4.30. The lowest BCUT2D eigenvalue weighted by atomic mass is 9.87. The topological polar surface area (TPSA) is 21.3 Å². The van der Waals surface area contributed by atoms with Crippen LogP contribution < -0.4 is 5.48 Å². The molecule has 1 aromatic carbocycles. The van der Waals surface area contributed by atoms with Crippen molar-refractivity contribution in [2.45, 2.75) is 38.9 Å². The van der Waals surface area contributed by atoms with E-state index in [4.69, 9.17) is 0 Å². The third-order valence-electron chi connectivity index (χ3n) is 2.43. The Bertz CT molecular complexity index is 365. The van der Waals surface area contributed by atoms with Crippen LogP contribution in [0.25, 0.3) is 0 Å². The van der Waals surface area contributed by atoms with Crippen molar-refractivity contribution in [2.75, 3.05) is 6.61 Å². The fourth-order valence-corrected chi connectivity index (χ4v) is 1.39. The van der Waals surface area contributed by atoms with Crippen LogP contribution in [0.3, 0.4) is 0 Å². The van der Waals surface area contributed by atoms with E-state index in [1.807, 2.05) is 24.3 Å². The van der Waals surface area contributed by atoms with Crippen LogP contribution in [0.5, 0.6) is 0 Å². The minimum Gasteiger partial charge on any atom is -0.292 e. The quantitative estimate of drug-likeness (QED) is 0.661. The minimum absolute atomic E-state index is 0.0682. The smallest absolute Gasteiger partial charge is 0.292 e. The summed E-state index contributed by atoms with van der Waals surface area (Å²) < 4.78 is 35.4. The molecule has 5 heteroatoms. The molecule has 0 aliphatic heterocycles. The molecule has 0 unspecified atom stereocenters. The van der Waals surface area contributed by atoms with Gasteiger partial charge in [0.1, 0.15) is 0 Å². The van der Waals surface area contributed by atoms with Crippen molar-refractivity contribution in [3.8, 4) is 0 Å². The Morgan fingerprint density at radius 1 is 1.06 bits per heavy atom. The maximum atomic E-state index is 11.8. The number of hydrogen-bond acceptors (Lipinski definition) is 2. The zero-order valence-electron chi connectivity index (χ0n) is 10.8. The molecule has 0 saturated heterocycles. The van der Waals surface area contributed by atoms with Gasteiger partial charge in [-0.15, -0.1) is 0 Å². The molecule has 1 N–H and O–H groups in total. The molecule has 0 saturated carbocycles. The lowest BCUT2D eigenvalue weighted by molar-refractivity contribution is -0.190. The molecule has 0 radical (unpaired) electrons. The number of hydroxylamine groups is 1. The SMILES string of the molecule is CC(C)(C)c1ccc(CNOCC(F)(F)F)cc1. The van der Waals surface area contributed by atoms with Crippen LogP contribution in [-0.4, -0.2) is 12.8 Å². The van der Waals surface area contributed by atoms with Gasteiger partial charge in [-0.1, -0.05) is 45.0 Å². The van der Waals surface area contributed by atoms with Crippen LogP contribution in [0.15, 0.2) is 24.3 Å². The van der Waals surface area contributed by atoms with Gasteiger partial charge in [0.05, 0.1) is 0 Å². The first-order valence-corrected chi connectivity index (χ1v) is 5.69. The largest absolute Gasteiger partial charge is 0.413 e. The number of rotatable bonds is 4. The molecule has 1 rings (SSSR count). The van der Waals surface area contributed by atoms with Crippen LogP contribution in [0.2, 0.25) is 0 Å². The van der Waals surface area contributed by atoms with Crippen LogP contribution in [0.1, 0.15) is 31.9 Å². The second-order valence-electron chi connectivity index (χ2n) is 5.17. The summed E-state index contributed by atoms with van der Waals surface area (Å²) >= 11 is 0. The summed E-state index contributed by atoms with van der Waals surface area (Å²) in [5.74, 6) is 0. The molecule has 0 aliphatic rings. The standard InChI is InChI=1S/C13H18F3NO/c1-12(2,3)11-6-4-10(5-7-11)8-17-18-9-13(14,15)16/h4-7,17H,8-9H2,1-3H3. The molecular weight excluding hydrogens is 243 g/mol.